The predicted octanol–water partition coefficient (Wildman–Crippen LogP) is 5.54. The van der Waals surface area contributed by atoms with Gasteiger partial charge in [-0.25, -0.2) is 9.97 Å². The summed E-state index contributed by atoms with van der Waals surface area (Å²) in [6.45, 7) is 2.82. The monoisotopic (exact) mass is 451 g/mol. The van der Waals surface area contributed by atoms with Crippen LogP contribution >= 0.6 is 0 Å². The summed E-state index contributed by atoms with van der Waals surface area (Å²) in [7, 11) is 3.70. The number of rotatable bonds is 9. The maximum Gasteiger partial charge on any atom is 0.0948 e. The largest absolute Gasteiger partial charge is 0.385 e. The maximum atomic E-state index is 9.06. The van der Waals surface area contributed by atoms with Gasteiger partial charge in [0.15, 0.2) is 0 Å². The molecule has 0 spiro atoms. The van der Waals surface area contributed by atoms with Gasteiger partial charge in [-0.05, 0) is 78.8 Å². The number of hydrogen-bond acceptors (Lipinski definition) is 5. The Hall–Kier alpha value is -3.82. The molecule has 0 bridgehead atoms. The Kier molecular flexibility index (Phi) is 7.46. The van der Waals surface area contributed by atoms with E-state index in [0.29, 0.717) is 6.42 Å². The Bertz CT molecular complexity index is 1360. The standard InChI is InChI=1S/C28H29N5O/c1-20-14-26-25(16-22(20)6-4-11-29)23(17-27(32-26)28-18-30-19-33(28)2)9-8-21-10-12-31-24(15-21)7-5-13-34-3/h8-10,12,14-19H,4-7,13H2,1-3H3/b9-8+. The molecular weight excluding hydrogens is 422 g/mol. The molecule has 4 aromatic rings. The fourth-order valence-electron chi connectivity index (χ4n) is 4.10. The molecule has 0 aliphatic heterocycles. The quantitative estimate of drug-likeness (QED) is 0.312. The van der Waals surface area contributed by atoms with Gasteiger partial charge in [0.25, 0.3) is 0 Å². The first-order chi connectivity index (χ1) is 16.6. The lowest BCUT2D eigenvalue weighted by Gasteiger charge is -2.12. The first-order valence-corrected chi connectivity index (χ1v) is 11.5. The normalized spacial score (nSPS) is 11.4. The van der Waals surface area contributed by atoms with Gasteiger partial charge in [0, 0.05) is 44.5 Å². The van der Waals surface area contributed by atoms with Gasteiger partial charge in [-0.15, -0.1) is 0 Å². The molecule has 0 fully saturated rings. The molecule has 3 aromatic heterocycles. The van der Waals surface area contributed by atoms with Gasteiger partial charge in [-0.2, -0.15) is 5.26 Å². The number of aromatic nitrogens is 4. The summed E-state index contributed by atoms with van der Waals surface area (Å²) < 4.78 is 7.14. The average Bonchev–Trinajstić information content (AvgIpc) is 3.27. The number of methoxy groups -OCH3 is 1. The van der Waals surface area contributed by atoms with Gasteiger partial charge in [0.2, 0.25) is 0 Å². The van der Waals surface area contributed by atoms with E-state index in [0.717, 1.165) is 70.5 Å². The molecule has 4 rings (SSSR count). The second kappa shape index (κ2) is 10.9. The lowest BCUT2D eigenvalue weighted by molar-refractivity contribution is 0.195. The fraction of sp³-hybridized carbons (Fsp3) is 0.286. The van der Waals surface area contributed by atoms with E-state index in [9.17, 15) is 0 Å². The van der Waals surface area contributed by atoms with Gasteiger partial charge in [-0.1, -0.05) is 12.2 Å². The third kappa shape index (κ3) is 5.38. The Morgan fingerprint density at radius 2 is 2.03 bits per heavy atom. The van der Waals surface area contributed by atoms with Crippen molar-refractivity contribution in [3.05, 3.63) is 77.0 Å². The zero-order chi connectivity index (χ0) is 23.9. The lowest BCUT2D eigenvalue weighted by atomic mass is 9.97. The minimum absolute atomic E-state index is 0.501. The Balaban J connectivity index is 1.77. The molecule has 1 aromatic carbocycles. The Morgan fingerprint density at radius 3 is 2.79 bits per heavy atom. The van der Waals surface area contributed by atoms with Crippen molar-refractivity contribution in [1.82, 2.24) is 19.5 Å². The molecule has 0 N–H and O–H groups in total. The summed E-state index contributed by atoms with van der Waals surface area (Å²) in [5.41, 5.74) is 8.36. The van der Waals surface area contributed by atoms with E-state index in [1.165, 1.54) is 5.56 Å². The maximum absolute atomic E-state index is 9.06. The smallest absolute Gasteiger partial charge is 0.0948 e. The fourth-order valence-corrected chi connectivity index (χ4v) is 4.10. The third-order valence-corrected chi connectivity index (χ3v) is 5.96. The molecule has 0 radical (unpaired) electrons. The van der Waals surface area contributed by atoms with Crippen molar-refractivity contribution in [3.8, 4) is 17.5 Å². The predicted molar refractivity (Wildman–Crippen MR) is 136 cm³/mol. The molecule has 0 saturated heterocycles. The van der Waals surface area contributed by atoms with Crippen molar-refractivity contribution in [2.75, 3.05) is 13.7 Å². The minimum atomic E-state index is 0.501. The number of nitrogens with zero attached hydrogens (tertiary/aromatic N) is 5. The molecule has 6 nitrogen and oxygen atoms in total. The molecule has 34 heavy (non-hydrogen) atoms. The number of aryl methyl sites for hydroxylation is 4. The Morgan fingerprint density at radius 1 is 1.15 bits per heavy atom. The highest BCUT2D eigenvalue weighted by Gasteiger charge is 2.11. The molecule has 0 amide bonds. The summed E-state index contributed by atoms with van der Waals surface area (Å²) in [4.78, 5) is 13.7. The van der Waals surface area contributed by atoms with Gasteiger partial charge < -0.3 is 9.30 Å². The van der Waals surface area contributed by atoms with E-state index >= 15 is 0 Å². The van der Waals surface area contributed by atoms with Gasteiger partial charge in [-0.3, -0.25) is 4.98 Å². The van der Waals surface area contributed by atoms with Crippen molar-refractivity contribution in [2.45, 2.75) is 32.6 Å². The van der Waals surface area contributed by atoms with Crippen molar-refractivity contribution in [1.29, 1.82) is 5.26 Å². The van der Waals surface area contributed by atoms with Crippen LogP contribution in [0.25, 0.3) is 34.4 Å². The van der Waals surface area contributed by atoms with Crippen LogP contribution in [0.2, 0.25) is 0 Å². The van der Waals surface area contributed by atoms with E-state index in [-0.39, 0.29) is 0 Å². The molecule has 6 heteroatoms. The highest BCUT2D eigenvalue weighted by Crippen LogP contribution is 2.29. The van der Waals surface area contributed by atoms with Crippen LogP contribution in [0, 0.1) is 18.3 Å². The van der Waals surface area contributed by atoms with Gasteiger partial charge >= 0.3 is 0 Å². The van der Waals surface area contributed by atoms with Gasteiger partial charge in [0.05, 0.1) is 35.5 Å². The molecule has 0 atom stereocenters. The van der Waals surface area contributed by atoms with Crippen LogP contribution in [0.1, 0.15) is 40.8 Å². The second-order valence-electron chi connectivity index (χ2n) is 8.45. The van der Waals surface area contributed by atoms with Crippen LogP contribution in [-0.2, 0) is 24.6 Å². The topological polar surface area (TPSA) is 76.6 Å². The molecule has 0 aliphatic carbocycles. The highest BCUT2D eigenvalue weighted by molar-refractivity contribution is 5.93. The van der Waals surface area contributed by atoms with Crippen LogP contribution in [-0.4, -0.2) is 33.2 Å². The molecule has 3 heterocycles. The van der Waals surface area contributed by atoms with Crippen LogP contribution in [0.5, 0.6) is 0 Å². The summed E-state index contributed by atoms with van der Waals surface area (Å²) in [5, 5.41) is 10.1. The summed E-state index contributed by atoms with van der Waals surface area (Å²) in [6, 6.07) is 12.8. The van der Waals surface area contributed by atoms with Crippen molar-refractivity contribution >= 4 is 23.1 Å². The number of benzene rings is 1. The minimum Gasteiger partial charge on any atom is -0.385 e. The molecule has 0 aliphatic rings. The first-order valence-electron chi connectivity index (χ1n) is 11.5. The Labute approximate surface area is 200 Å². The SMILES string of the molecule is COCCCc1cc(/C=C/c2cc(-c3cncn3C)nc3cc(C)c(CCC#N)cc23)ccn1. The van der Waals surface area contributed by atoms with E-state index in [1.54, 1.807) is 13.4 Å². The summed E-state index contributed by atoms with van der Waals surface area (Å²) in [6.07, 6.45) is 12.8. The van der Waals surface area contributed by atoms with Crippen LogP contribution in [0.4, 0.5) is 0 Å². The third-order valence-electron chi connectivity index (χ3n) is 5.96. The van der Waals surface area contributed by atoms with Gasteiger partial charge in [0.1, 0.15) is 0 Å². The number of fused-ring (bicyclic) bond motifs is 1. The number of ether oxygens (including phenoxy) is 1. The van der Waals surface area contributed by atoms with E-state index in [4.69, 9.17) is 15.0 Å². The van der Waals surface area contributed by atoms with E-state index in [1.807, 2.05) is 30.1 Å². The number of hydrogen-bond donors (Lipinski definition) is 0. The number of imidazole rings is 1. The zero-order valence-electron chi connectivity index (χ0n) is 20.0. The van der Waals surface area contributed by atoms with E-state index in [2.05, 4.69) is 59.4 Å². The number of pyridine rings is 2. The lowest BCUT2D eigenvalue weighted by Crippen LogP contribution is -1.97. The molecule has 0 saturated carbocycles. The number of nitriles is 1. The first kappa shape index (κ1) is 23.3. The van der Waals surface area contributed by atoms with Crippen molar-refractivity contribution in [2.24, 2.45) is 7.05 Å². The van der Waals surface area contributed by atoms with Crippen LogP contribution in [0.3, 0.4) is 0 Å². The molecular formula is C28H29N5O. The molecule has 0 unspecified atom stereocenters. The molecule has 172 valence electrons. The second-order valence-corrected chi connectivity index (χ2v) is 8.45. The zero-order valence-corrected chi connectivity index (χ0v) is 20.0. The van der Waals surface area contributed by atoms with Crippen LogP contribution in [0.15, 0.2) is 49.1 Å². The van der Waals surface area contributed by atoms with Crippen molar-refractivity contribution in [3.63, 3.8) is 0 Å². The van der Waals surface area contributed by atoms with Crippen LogP contribution < -0.4 is 0 Å². The van der Waals surface area contributed by atoms with E-state index < -0.39 is 0 Å². The summed E-state index contributed by atoms with van der Waals surface area (Å²) >= 11 is 0. The highest BCUT2D eigenvalue weighted by atomic mass is 16.5. The van der Waals surface area contributed by atoms with Crippen molar-refractivity contribution < 1.29 is 4.74 Å². The average molecular weight is 452 g/mol. The summed E-state index contributed by atoms with van der Waals surface area (Å²) in [5.74, 6) is 0.